The number of nitrogens with zero attached hydrogens (tertiary/aromatic N) is 3. The van der Waals surface area contributed by atoms with Gasteiger partial charge in [-0.3, -0.25) is 4.90 Å². The lowest BCUT2D eigenvalue weighted by molar-refractivity contribution is 0.204. The number of amides is 2. The normalized spacial score (nSPS) is 18.9. The first-order chi connectivity index (χ1) is 15.0. The third kappa shape index (κ3) is 5.12. The van der Waals surface area contributed by atoms with Crippen molar-refractivity contribution in [1.82, 2.24) is 4.90 Å². The van der Waals surface area contributed by atoms with E-state index in [1.807, 2.05) is 42.3 Å². The average molecular weight is 426 g/mol. The summed E-state index contributed by atoms with van der Waals surface area (Å²) in [5.74, 6) is 0.268. The van der Waals surface area contributed by atoms with E-state index in [0.29, 0.717) is 18.4 Å². The largest absolute Gasteiger partial charge is 0.489 e. The average Bonchev–Trinajstić information content (AvgIpc) is 3.23. The van der Waals surface area contributed by atoms with Gasteiger partial charge in [-0.05, 0) is 62.8 Å². The molecule has 31 heavy (non-hydrogen) atoms. The maximum Gasteiger partial charge on any atom is 0.324 e. The highest BCUT2D eigenvalue weighted by Crippen LogP contribution is 2.27. The van der Waals surface area contributed by atoms with E-state index >= 15 is 0 Å². The van der Waals surface area contributed by atoms with Gasteiger partial charge in [0.2, 0.25) is 0 Å². The van der Waals surface area contributed by atoms with Crippen molar-refractivity contribution < 1.29 is 13.9 Å². The third-order valence-corrected chi connectivity index (χ3v) is 6.39. The van der Waals surface area contributed by atoms with Gasteiger partial charge in [0.05, 0.1) is 0 Å². The molecule has 1 atom stereocenters. The summed E-state index contributed by atoms with van der Waals surface area (Å²) in [6.07, 6.45) is 5.66. The van der Waals surface area contributed by atoms with Gasteiger partial charge in [-0.15, -0.1) is 0 Å². The molecule has 2 aliphatic rings. The summed E-state index contributed by atoms with van der Waals surface area (Å²) >= 11 is 0. The van der Waals surface area contributed by atoms with E-state index in [4.69, 9.17) is 4.74 Å². The molecule has 5 nitrogen and oxygen atoms in total. The quantitative estimate of drug-likeness (QED) is 0.640. The Kier molecular flexibility index (Phi) is 6.64. The Hall–Kier alpha value is -2.76. The molecule has 0 aliphatic carbocycles. The highest BCUT2D eigenvalue weighted by molar-refractivity contribution is 5.91. The lowest BCUT2D eigenvalue weighted by Gasteiger charge is -2.29. The van der Waals surface area contributed by atoms with E-state index in [2.05, 4.69) is 11.8 Å². The lowest BCUT2D eigenvalue weighted by atomic mass is 10.1. The van der Waals surface area contributed by atoms with Gasteiger partial charge in [0.1, 0.15) is 18.2 Å². The van der Waals surface area contributed by atoms with E-state index in [9.17, 15) is 9.18 Å². The minimum atomic E-state index is -0.273. The number of likely N-dealkylation sites (tertiary alicyclic amines) is 1. The standard InChI is InChI=1S/C25H32FN3O2/c1-19-7-6-14-29(19)25(30)27(2)22-10-8-20(9-11-22)18-31-24-16-21(26)15-23(17-24)28-12-4-3-5-13-28/h8-11,15-17,19H,3-7,12-14,18H2,1-2H3. The Morgan fingerprint density at radius 3 is 2.48 bits per heavy atom. The van der Waals surface area contributed by atoms with Crippen molar-refractivity contribution in [3.8, 4) is 5.75 Å². The van der Waals surface area contributed by atoms with Crippen molar-refractivity contribution in [2.45, 2.75) is 51.7 Å². The minimum Gasteiger partial charge on any atom is -0.489 e. The van der Waals surface area contributed by atoms with Crippen molar-refractivity contribution in [1.29, 1.82) is 0 Å². The van der Waals surface area contributed by atoms with Crippen molar-refractivity contribution in [3.05, 3.63) is 53.8 Å². The molecule has 2 saturated heterocycles. The second-order valence-corrected chi connectivity index (χ2v) is 8.67. The molecule has 0 saturated carbocycles. The number of urea groups is 1. The molecule has 0 radical (unpaired) electrons. The third-order valence-electron chi connectivity index (χ3n) is 6.39. The molecule has 2 aromatic carbocycles. The molecule has 1 unspecified atom stereocenters. The van der Waals surface area contributed by atoms with E-state index in [1.165, 1.54) is 12.5 Å². The van der Waals surface area contributed by atoms with Crippen LogP contribution in [0.4, 0.5) is 20.6 Å². The van der Waals surface area contributed by atoms with Crippen LogP contribution in [-0.2, 0) is 6.61 Å². The fraction of sp³-hybridized carbons (Fsp3) is 0.480. The Bertz CT molecular complexity index is 896. The van der Waals surface area contributed by atoms with Gasteiger partial charge in [-0.2, -0.15) is 0 Å². The molecule has 2 amide bonds. The van der Waals surface area contributed by atoms with E-state index in [1.54, 1.807) is 11.0 Å². The molecule has 2 fully saturated rings. The highest BCUT2D eigenvalue weighted by atomic mass is 19.1. The lowest BCUT2D eigenvalue weighted by Crippen LogP contribution is -2.42. The molecular weight excluding hydrogens is 393 g/mol. The molecular formula is C25H32FN3O2. The molecule has 0 bridgehead atoms. The monoisotopic (exact) mass is 425 g/mol. The van der Waals surface area contributed by atoms with Gasteiger partial charge in [-0.25, -0.2) is 9.18 Å². The Morgan fingerprint density at radius 1 is 1.06 bits per heavy atom. The summed E-state index contributed by atoms with van der Waals surface area (Å²) in [5, 5.41) is 0. The van der Waals surface area contributed by atoms with Crippen molar-refractivity contribution >= 4 is 17.4 Å². The number of halogens is 1. The molecule has 0 N–H and O–H groups in total. The highest BCUT2D eigenvalue weighted by Gasteiger charge is 2.27. The molecule has 0 aromatic heterocycles. The minimum absolute atomic E-state index is 0.0407. The number of carbonyl (C=O) groups excluding carboxylic acids is 1. The van der Waals surface area contributed by atoms with Crippen LogP contribution in [0.1, 0.15) is 44.6 Å². The summed E-state index contributed by atoms with van der Waals surface area (Å²) < 4.78 is 20.0. The van der Waals surface area contributed by atoms with E-state index in [0.717, 1.165) is 62.3 Å². The van der Waals surface area contributed by atoms with Crippen molar-refractivity contribution in [2.24, 2.45) is 0 Å². The van der Waals surface area contributed by atoms with Crippen molar-refractivity contribution in [2.75, 3.05) is 36.5 Å². The number of rotatable bonds is 5. The predicted molar refractivity (Wildman–Crippen MR) is 122 cm³/mol. The van der Waals surface area contributed by atoms with Crippen LogP contribution in [0.2, 0.25) is 0 Å². The number of hydrogen-bond acceptors (Lipinski definition) is 3. The molecule has 0 spiro atoms. The second kappa shape index (κ2) is 9.58. The van der Waals surface area contributed by atoms with Crippen LogP contribution >= 0.6 is 0 Å². The maximum absolute atomic E-state index is 14.1. The van der Waals surface area contributed by atoms with E-state index < -0.39 is 0 Å². The molecule has 2 aromatic rings. The van der Waals surface area contributed by atoms with Crippen LogP contribution in [0.3, 0.4) is 0 Å². The topological polar surface area (TPSA) is 36.0 Å². The van der Waals surface area contributed by atoms with Gasteiger partial charge < -0.3 is 14.5 Å². The van der Waals surface area contributed by atoms with Crippen LogP contribution in [-0.4, -0.2) is 43.7 Å². The fourth-order valence-electron chi connectivity index (χ4n) is 4.47. The number of hydrogen-bond donors (Lipinski definition) is 0. The number of benzene rings is 2. The summed E-state index contributed by atoms with van der Waals surface area (Å²) in [4.78, 5) is 18.6. The van der Waals surface area contributed by atoms with Gasteiger partial charge in [0.25, 0.3) is 0 Å². The molecule has 6 heteroatoms. The molecule has 166 valence electrons. The van der Waals surface area contributed by atoms with Crippen LogP contribution in [0.5, 0.6) is 5.75 Å². The zero-order valence-corrected chi connectivity index (χ0v) is 18.5. The number of carbonyl (C=O) groups is 1. The molecule has 2 heterocycles. The van der Waals surface area contributed by atoms with Crippen LogP contribution in [0, 0.1) is 5.82 Å². The predicted octanol–water partition coefficient (Wildman–Crippen LogP) is 5.44. The van der Waals surface area contributed by atoms with Gasteiger partial charge in [0, 0.05) is 56.2 Å². The van der Waals surface area contributed by atoms with Gasteiger partial charge in [-0.1, -0.05) is 12.1 Å². The maximum atomic E-state index is 14.1. The Labute approximate surface area is 184 Å². The smallest absolute Gasteiger partial charge is 0.324 e. The fourth-order valence-corrected chi connectivity index (χ4v) is 4.47. The first-order valence-electron chi connectivity index (χ1n) is 11.3. The second-order valence-electron chi connectivity index (χ2n) is 8.67. The summed E-state index contributed by atoms with van der Waals surface area (Å²) in [5.41, 5.74) is 2.72. The van der Waals surface area contributed by atoms with Crippen LogP contribution in [0.15, 0.2) is 42.5 Å². The summed E-state index contributed by atoms with van der Waals surface area (Å²) in [6, 6.07) is 13.1. The van der Waals surface area contributed by atoms with E-state index in [-0.39, 0.29) is 11.8 Å². The Morgan fingerprint density at radius 2 is 1.81 bits per heavy atom. The number of ether oxygens (including phenoxy) is 1. The first kappa shape index (κ1) is 21.5. The molecule has 2 aliphatic heterocycles. The number of anilines is 2. The van der Waals surface area contributed by atoms with Gasteiger partial charge >= 0.3 is 6.03 Å². The Balaban J connectivity index is 1.37. The zero-order chi connectivity index (χ0) is 21.8. The van der Waals surface area contributed by atoms with Crippen LogP contribution in [0.25, 0.3) is 0 Å². The summed E-state index contributed by atoms with van der Waals surface area (Å²) in [6.45, 7) is 5.20. The molecule has 4 rings (SSSR count). The van der Waals surface area contributed by atoms with Gasteiger partial charge in [0.15, 0.2) is 0 Å². The SMILES string of the molecule is CC1CCCN1C(=O)N(C)c1ccc(COc2cc(F)cc(N3CCCCC3)c2)cc1. The number of piperidine rings is 1. The zero-order valence-electron chi connectivity index (χ0n) is 18.5. The summed E-state index contributed by atoms with van der Waals surface area (Å²) in [7, 11) is 1.81. The first-order valence-corrected chi connectivity index (χ1v) is 11.3. The van der Waals surface area contributed by atoms with Crippen LogP contribution < -0.4 is 14.5 Å². The van der Waals surface area contributed by atoms with Crippen molar-refractivity contribution in [3.63, 3.8) is 0 Å².